The van der Waals surface area contributed by atoms with Gasteiger partial charge in [-0.05, 0) is 61.0 Å². The molecule has 0 saturated carbocycles. The molecule has 0 saturated heterocycles. The lowest BCUT2D eigenvalue weighted by Crippen LogP contribution is -2.22. The Hall–Kier alpha value is -5.31. The summed E-state index contributed by atoms with van der Waals surface area (Å²) in [6.07, 6.45) is 20.2. The van der Waals surface area contributed by atoms with Crippen LogP contribution in [0.1, 0.15) is 120 Å². The van der Waals surface area contributed by atoms with E-state index < -0.39 is 30.9 Å². The van der Waals surface area contributed by atoms with E-state index in [9.17, 15) is 31.3 Å². The molecule has 0 spiro atoms. The largest absolute Gasteiger partial charge is 0.506 e. The van der Waals surface area contributed by atoms with Crippen molar-refractivity contribution in [2.24, 2.45) is 10.2 Å². The molecule has 0 aliphatic rings. The van der Waals surface area contributed by atoms with E-state index in [1.807, 2.05) is 11.9 Å². The number of fused-ring (bicyclic) bond motifs is 1. The number of hydrogen-bond donors (Lipinski definition) is 4. The maximum atomic E-state index is 14.0. The number of carbonyl (C=O) groups is 1. The van der Waals surface area contributed by atoms with Gasteiger partial charge in [0.05, 0.1) is 43.8 Å². The molecular formula is C48H61N5O7S2. The summed E-state index contributed by atoms with van der Waals surface area (Å²) in [5.74, 6) is -1.06. The zero-order chi connectivity index (χ0) is 44.4. The summed E-state index contributed by atoms with van der Waals surface area (Å²) in [5.41, 5.74) is 1.35. The van der Waals surface area contributed by atoms with E-state index in [1.54, 1.807) is 66.7 Å². The van der Waals surface area contributed by atoms with Crippen molar-refractivity contribution >= 4 is 65.3 Å². The number of benzene rings is 5. The first kappa shape index (κ1) is 47.7. The lowest BCUT2D eigenvalue weighted by Gasteiger charge is -2.23. The summed E-state index contributed by atoms with van der Waals surface area (Å²) in [4.78, 5) is 15.7. The van der Waals surface area contributed by atoms with Crippen LogP contribution in [0.15, 0.2) is 123 Å². The molecule has 5 aromatic rings. The Balaban J connectivity index is 1.22. The summed E-state index contributed by atoms with van der Waals surface area (Å²) >= 11 is 0. The minimum absolute atomic E-state index is 0.104. The van der Waals surface area contributed by atoms with Crippen LogP contribution in [0, 0.1) is 0 Å². The molecule has 0 radical (unpaired) electrons. The number of amides is 1. The lowest BCUT2D eigenvalue weighted by atomic mass is 10.0. The second kappa shape index (κ2) is 23.8. The highest BCUT2D eigenvalue weighted by Gasteiger charge is 2.22. The predicted molar refractivity (Wildman–Crippen MR) is 251 cm³/mol. The molecule has 0 atom stereocenters. The first-order valence-corrected chi connectivity index (χ1v) is 24.8. The van der Waals surface area contributed by atoms with Crippen molar-refractivity contribution in [2.75, 3.05) is 28.5 Å². The Kier molecular flexibility index (Phi) is 18.3. The molecule has 5 rings (SSSR count). The van der Waals surface area contributed by atoms with E-state index in [2.05, 4.69) is 27.2 Å². The molecule has 0 aliphatic carbocycles. The molecule has 12 nitrogen and oxygen atoms in total. The van der Waals surface area contributed by atoms with Gasteiger partial charge in [-0.2, -0.15) is 13.5 Å². The van der Waals surface area contributed by atoms with Gasteiger partial charge in [0.15, 0.2) is 0 Å². The molecule has 1 amide bonds. The number of sulfonamides is 1. The molecule has 0 bridgehead atoms. The molecule has 62 heavy (non-hydrogen) atoms. The SMILES string of the molecule is CCCCCCCCCCCCCCCCCCN(C)c1ccc(S(=O)(=O)O)cc1NC(=O)c1cc(/N=N/c2cccc(NS(=O)(=O)c3ccccc3)c2)c2ccccc2c1O. The van der Waals surface area contributed by atoms with E-state index in [0.29, 0.717) is 28.7 Å². The molecule has 0 aliphatic heterocycles. The van der Waals surface area contributed by atoms with Crippen LogP contribution in [0.25, 0.3) is 10.8 Å². The third kappa shape index (κ3) is 14.4. The standard InChI is InChI=1S/C48H61N5O7S2/c1-3-4-5-6-7-8-9-10-11-12-13-14-15-16-17-23-33-53(2)46-32-31-40(62(58,59)60)35-45(46)49-48(55)43-36-44(41-29-21-22-30-42(41)47(43)54)51-50-37-25-24-26-38(34-37)52-61(56,57)39-27-19-18-20-28-39/h18-22,24-32,34-36,52,54H,3-17,23,33H2,1-2H3,(H,49,55)(H,58,59,60)/b51-50+. The van der Waals surface area contributed by atoms with Gasteiger partial charge in [0.25, 0.3) is 26.0 Å². The number of nitrogens with zero attached hydrogens (tertiary/aromatic N) is 3. The molecule has 0 unspecified atom stereocenters. The smallest absolute Gasteiger partial charge is 0.294 e. The van der Waals surface area contributed by atoms with Crippen molar-refractivity contribution in [1.82, 2.24) is 0 Å². The number of aromatic hydroxyl groups is 1. The van der Waals surface area contributed by atoms with E-state index in [4.69, 9.17) is 0 Å². The first-order chi connectivity index (χ1) is 29.9. The monoisotopic (exact) mass is 883 g/mol. The fraction of sp³-hybridized carbons (Fsp3) is 0.396. The third-order valence-corrected chi connectivity index (χ3v) is 13.2. The van der Waals surface area contributed by atoms with Crippen LogP contribution in [0.3, 0.4) is 0 Å². The number of hydrogen-bond acceptors (Lipinski definition) is 9. The van der Waals surface area contributed by atoms with Crippen molar-refractivity contribution in [3.05, 3.63) is 109 Å². The number of carbonyl (C=O) groups excluding carboxylic acids is 1. The molecule has 14 heteroatoms. The van der Waals surface area contributed by atoms with Gasteiger partial charge >= 0.3 is 0 Å². The Bertz CT molecular complexity index is 2480. The summed E-state index contributed by atoms with van der Waals surface area (Å²) in [5, 5.41) is 23.7. The summed E-state index contributed by atoms with van der Waals surface area (Å²) in [6.45, 7) is 2.90. The van der Waals surface area contributed by atoms with E-state index >= 15 is 0 Å². The molecular weight excluding hydrogens is 823 g/mol. The Labute approximate surface area is 367 Å². The van der Waals surface area contributed by atoms with Crippen molar-refractivity contribution in [1.29, 1.82) is 0 Å². The average molecular weight is 884 g/mol. The fourth-order valence-corrected chi connectivity index (χ4v) is 9.05. The fourth-order valence-electron chi connectivity index (χ4n) is 7.47. The van der Waals surface area contributed by atoms with Crippen LogP contribution < -0.4 is 14.9 Å². The third-order valence-electron chi connectivity index (χ3n) is 10.9. The number of nitrogens with one attached hydrogen (secondary N) is 2. The predicted octanol–water partition coefficient (Wildman–Crippen LogP) is 13.0. The summed E-state index contributed by atoms with van der Waals surface area (Å²) in [7, 11) is -6.60. The molecule has 4 N–H and O–H groups in total. The highest BCUT2D eigenvalue weighted by Crippen LogP contribution is 2.38. The molecule has 0 fully saturated rings. The van der Waals surface area contributed by atoms with Gasteiger partial charge < -0.3 is 15.3 Å². The minimum Gasteiger partial charge on any atom is -0.506 e. The lowest BCUT2D eigenvalue weighted by molar-refractivity contribution is 0.102. The number of phenolic OH excluding ortho intramolecular Hbond substituents is 1. The number of anilines is 3. The number of phenols is 1. The minimum atomic E-state index is -4.60. The summed E-state index contributed by atoms with van der Waals surface area (Å²) < 4.78 is 62.6. The second-order valence-corrected chi connectivity index (χ2v) is 18.9. The van der Waals surface area contributed by atoms with Crippen LogP contribution in [-0.4, -0.2) is 46.0 Å². The molecule has 5 aromatic carbocycles. The quantitative estimate of drug-likeness (QED) is 0.0241. The van der Waals surface area contributed by atoms with Gasteiger partial charge in [0, 0.05) is 24.4 Å². The van der Waals surface area contributed by atoms with Gasteiger partial charge in [-0.25, -0.2) is 8.42 Å². The van der Waals surface area contributed by atoms with Crippen LogP contribution in [0.4, 0.5) is 28.4 Å². The first-order valence-electron chi connectivity index (χ1n) is 21.9. The van der Waals surface area contributed by atoms with Crippen LogP contribution in [-0.2, 0) is 20.1 Å². The molecule has 0 aromatic heterocycles. The summed E-state index contributed by atoms with van der Waals surface area (Å²) in [6, 6.07) is 26.5. The van der Waals surface area contributed by atoms with Crippen LogP contribution >= 0.6 is 0 Å². The number of unbranched alkanes of at least 4 members (excludes halogenated alkanes) is 15. The average Bonchev–Trinajstić information content (AvgIpc) is 3.26. The zero-order valence-corrected chi connectivity index (χ0v) is 37.6. The van der Waals surface area contributed by atoms with Crippen molar-refractivity contribution in [2.45, 2.75) is 119 Å². The van der Waals surface area contributed by atoms with Crippen LogP contribution in [0.2, 0.25) is 0 Å². The highest BCUT2D eigenvalue weighted by atomic mass is 32.2. The zero-order valence-electron chi connectivity index (χ0n) is 35.9. The molecule has 0 heterocycles. The number of azo groups is 1. The van der Waals surface area contributed by atoms with Crippen molar-refractivity contribution < 1.29 is 31.3 Å². The second-order valence-electron chi connectivity index (χ2n) is 15.8. The van der Waals surface area contributed by atoms with Crippen molar-refractivity contribution in [3.63, 3.8) is 0 Å². The van der Waals surface area contributed by atoms with Gasteiger partial charge in [0.1, 0.15) is 5.75 Å². The van der Waals surface area contributed by atoms with Gasteiger partial charge in [-0.3, -0.25) is 14.1 Å². The van der Waals surface area contributed by atoms with E-state index in [0.717, 1.165) is 19.3 Å². The maximum absolute atomic E-state index is 14.0. The van der Waals surface area contributed by atoms with E-state index in [-0.39, 0.29) is 33.3 Å². The topological polar surface area (TPSA) is 178 Å². The Morgan fingerprint density at radius 2 is 1.21 bits per heavy atom. The Morgan fingerprint density at radius 1 is 0.629 bits per heavy atom. The maximum Gasteiger partial charge on any atom is 0.294 e. The molecule has 332 valence electrons. The van der Waals surface area contributed by atoms with E-state index in [1.165, 1.54) is 120 Å². The van der Waals surface area contributed by atoms with Crippen LogP contribution in [0.5, 0.6) is 5.75 Å². The Morgan fingerprint density at radius 3 is 1.82 bits per heavy atom. The normalized spacial score (nSPS) is 11.9. The van der Waals surface area contributed by atoms with Crippen molar-refractivity contribution in [3.8, 4) is 5.75 Å². The number of rotatable bonds is 26. The van der Waals surface area contributed by atoms with Gasteiger partial charge in [-0.1, -0.05) is 152 Å². The van der Waals surface area contributed by atoms with Gasteiger partial charge in [0.2, 0.25) is 0 Å². The highest BCUT2D eigenvalue weighted by molar-refractivity contribution is 7.92. The van der Waals surface area contributed by atoms with Gasteiger partial charge in [-0.15, -0.1) is 5.11 Å².